The first kappa shape index (κ1) is 71.2. The summed E-state index contributed by atoms with van der Waals surface area (Å²) in [5, 5.41) is 14.8. The number of Topliss-reactive ketones (excluding diaryl/α,β-unsaturated/α-hetero) is 2. The molecule has 1 rings (SSSR count). The number of aryl methyl sites for hydroxylation is 2. The van der Waals surface area contributed by atoms with E-state index in [9.17, 15) is 38.4 Å². The number of amides is 5. The Labute approximate surface area is 472 Å². The van der Waals surface area contributed by atoms with Crippen molar-refractivity contribution in [2.45, 2.75) is 269 Å². The Morgan fingerprint density at radius 2 is 1.04 bits per heavy atom. The maximum absolute atomic E-state index is 14.1. The number of ketones is 2. The molecule has 0 aliphatic rings. The largest absolute Gasteiger partial charge is 0.454 e. The van der Waals surface area contributed by atoms with Crippen molar-refractivity contribution in [2.75, 3.05) is 19.6 Å². The fraction of sp³-hybridized carbons (Fsp3) is 0.778. The first-order valence-electron chi connectivity index (χ1n) is 29.5. The van der Waals surface area contributed by atoms with E-state index in [0.717, 1.165) is 44.9 Å². The number of benzene rings is 1. The highest BCUT2D eigenvalue weighted by Crippen LogP contribution is 2.36. The lowest BCUT2D eigenvalue weighted by atomic mass is 9.73. The highest BCUT2D eigenvalue weighted by Gasteiger charge is 2.34. The molecule has 0 aliphatic heterocycles. The van der Waals surface area contributed by atoms with Gasteiger partial charge in [-0.2, -0.15) is 0 Å². The summed E-state index contributed by atoms with van der Waals surface area (Å²) in [4.78, 5) is 105. The van der Waals surface area contributed by atoms with Crippen LogP contribution in [0, 0.1) is 35.0 Å². The maximum Gasteiger partial charge on any atom is 0.407 e. The molecule has 1 aromatic carbocycles. The quantitative estimate of drug-likeness (QED) is 0.0243. The van der Waals surface area contributed by atoms with Crippen LogP contribution in [0.5, 0.6) is 0 Å². The van der Waals surface area contributed by atoms with Crippen molar-refractivity contribution in [1.29, 1.82) is 0 Å². The lowest BCUT2D eigenvalue weighted by molar-refractivity contribution is -0.163. The summed E-state index contributed by atoms with van der Waals surface area (Å²) >= 11 is 0. The first-order chi connectivity index (χ1) is 36.0. The van der Waals surface area contributed by atoms with E-state index < -0.39 is 46.9 Å². The molecular formula is C63H109N5O10. The number of nitrogens with one attached hydrogen (secondary N) is 5. The number of carbonyl (C=O) groups excluding carboxylic acids is 8. The highest BCUT2D eigenvalue weighted by molar-refractivity contribution is 6.36. The second-order valence-corrected chi connectivity index (χ2v) is 27.2. The van der Waals surface area contributed by atoms with Gasteiger partial charge in [-0.1, -0.05) is 118 Å². The number of ether oxygens (including phenoxy) is 2. The number of hydrogen-bond acceptors (Lipinski definition) is 10. The molecular weight excluding hydrogens is 987 g/mol. The predicted molar refractivity (Wildman–Crippen MR) is 313 cm³/mol. The number of alkyl carbamates (subject to hydrolysis) is 1. The minimum Gasteiger partial charge on any atom is -0.454 e. The van der Waals surface area contributed by atoms with Gasteiger partial charge in [0.1, 0.15) is 17.0 Å². The minimum absolute atomic E-state index is 0.00400. The normalized spacial score (nSPS) is 13.8. The van der Waals surface area contributed by atoms with Crippen LogP contribution in [0.4, 0.5) is 4.79 Å². The van der Waals surface area contributed by atoms with Gasteiger partial charge in [0.2, 0.25) is 23.6 Å². The first-order valence-corrected chi connectivity index (χ1v) is 29.5. The zero-order valence-corrected chi connectivity index (χ0v) is 51.7. The van der Waals surface area contributed by atoms with Crippen LogP contribution < -0.4 is 26.6 Å². The Bertz CT molecular complexity index is 2000. The minimum atomic E-state index is -1.19. The number of carbonyl (C=O) groups is 8. The molecule has 0 radical (unpaired) electrons. The molecule has 5 amide bonds. The molecule has 78 heavy (non-hydrogen) atoms. The van der Waals surface area contributed by atoms with Crippen LogP contribution in [0.2, 0.25) is 0 Å². The molecule has 1 aromatic rings. The summed E-state index contributed by atoms with van der Waals surface area (Å²) in [6, 6.07) is 6.91. The summed E-state index contributed by atoms with van der Waals surface area (Å²) in [5.41, 5.74) is 0.751. The average molecular weight is 1100 g/mol. The molecule has 0 saturated carbocycles. The number of hydrogen-bond donors (Lipinski definition) is 5. The average Bonchev–Trinajstić information content (AvgIpc) is 3.29. The predicted octanol–water partition coefficient (Wildman–Crippen LogP) is 11.9. The van der Waals surface area contributed by atoms with Gasteiger partial charge in [-0.15, -0.1) is 0 Å². The van der Waals surface area contributed by atoms with Gasteiger partial charge in [-0.05, 0) is 153 Å². The van der Waals surface area contributed by atoms with Crippen molar-refractivity contribution in [2.24, 2.45) is 28.1 Å². The number of rotatable bonds is 36. The molecule has 0 fully saturated rings. The fourth-order valence-corrected chi connectivity index (χ4v) is 8.97. The second kappa shape index (κ2) is 35.0. The van der Waals surface area contributed by atoms with Crippen LogP contribution in [-0.4, -0.2) is 90.2 Å². The Morgan fingerprint density at radius 3 is 1.60 bits per heavy atom. The van der Waals surface area contributed by atoms with Gasteiger partial charge in [-0.3, -0.25) is 28.8 Å². The van der Waals surface area contributed by atoms with E-state index in [4.69, 9.17) is 9.47 Å². The zero-order valence-electron chi connectivity index (χ0n) is 51.7. The topological polar surface area (TPSA) is 215 Å². The van der Waals surface area contributed by atoms with Crippen LogP contribution in [0.25, 0.3) is 0 Å². The monoisotopic (exact) mass is 1100 g/mol. The van der Waals surface area contributed by atoms with Crippen molar-refractivity contribution in [3.05, 3.63) is 35.4 Å². The molecule has 15 nitrogen and oxygen atoms in total. The van der Waals surface area contributed by atoms with Crippen LogP contribution in [0.15, 0.2) is 24.3 Å². The fourth-order valence-electron chi connectivity index (χ4n) is 8.97. The van der Waals surface area contributed by atoms with Crippen molar-refractivity contribution in [3.63, 3.8) is 0 Å². The lowest BCUT2D eigenvalue weighted by Crippen LogP contribution is -2.48. The van der Waals surface area contributed by atoms with E-state index in [-0.39, 0.29) is 71.0 Å². The van der Waals surface area contributed by atoms with E-state index in [1.54, 1.807) is 41.5 Å². The van der Waals surface area contributed by atoms with E-state index >= 15 is 0 Å². The van der Waals surface area contributed by atoms with Gasteiger partial charge < -0.3 is 36.1 Å². The smallest absolute Gasteiger partial charge is 0.407 e. The van der Waals surface area contributed by atoms with Crippen LogP contribution >= 0.6 is 0 Å². The molecule has 446 valence electrons. The van der Waals surface area contributed by atoms with Crippen LogP contribution in [0.1, 0.15) is 243 Å². The van der Waals surface area contributed by atoms with E-state index in [2.05, 4.69) is 113 Å². The van der Waals surface area contributed by atoms with Crippen molar-refractivity contribution < 1.29 is 47.8 Å². The van der Waals surface area contributed by atoms with Gasteiger partial charge >= 0.3 is 12.1 Å². The highest BCUT2D eigenvalue weighted by atomic mass is 16.6. The molecule has 0 unspecified atom stereocenters. The summed E-state index contributed by atoms with van der Waals surface area (Å²) in [5.74, 6) is -3.13. The van der Waals surface area contributed by atoms with Crippen LogP contribution in [-0.2, 0) is 49.5 Å². The molecule has 0 saturated heterocycles. The van der Waals surface area contributed by atoms with Crippen molar-refractivity contribution in [3.8, 4) is 0 Å². The lowest BCUT2D eigenvalue weighted by Gasteiger charge is -2.35. The Balaban J connectivity index is 2.81. The van der Waals surface area contributed by atoms with Gasteiger partial charge in [0.05, 0.1) is 6.04 Å². The van der Waals surface area contributed by atoms with E-state index in [1.807, 2.05) is 6.92 Å². The summed E-state index contributed by atoms with van der Waals surface area (Å²) in [6.45, 7) is 33.1. The van der Waals surface area contributed by atoms with Gasteiger partial charge in [0, 0.05) is 63.7 Å². The molecule has 5 N–H and O–H groups in total. The van der Waals surface area contributed by atoms with Crippen molar-refractivity contribution in [1.82, 2.24) is 26.6 Å². The molecule has 0 aromatic heterocycles. The second-order valence-electron chi connectivity index (χ2n) is 27.2. The summed E-state index contributed by atoms with van der Waals surface area (Å²) in [6.07, 6.45) is 11.3. The van der Waals surface area contributed by atoms with Crippen LogP contribution in [0.3, 0.4) is 0 Å². The molecule has 0 heterocycles. The standard InChI is InChI=1S/C63H109N5O10/c1-45-32-34-46(35-33-45)27-26-31-52(70)64-41-25-22-30-50(55(73)57(75)77-62(11,12)13)67-56(74)47(28-21-24-42-66-58(76)78-63(14,15)16)43-49(69)29-20-18-17-19-23-40-65-53(71)37-36-51(61(8,9)10)68-54(72)44-48(60(5,6)7)38-39-59(2,3)4/h32-35,47-48,50-51H,17-31,36-44H2,1-16H3,(H,64,70)(H,65,71)(H,66,76)(H,67,74)(H,68,72)/t47-,48-,50+,51+/m1/s1. The third-order valence-electron chi connectivity index (χ3n) is 13.9. The summed E-state index contributed by atoms with van der Waals surface area (Å²) in [7, 11) is 0. The maximum atomic E-state index is 14.1. The Hall–Kier alpha value is -4.82. The number of unbranched alkanes of at least 4 members (excludes halogenated alkanes) is 6. The van der Waals surface area contributed by atoms with Gasteiger partial charge in [-0.25, -0.2) is 9.59 Å². The molecule has 4 atom stereocenters. The van der Waals surface area contributed by atoms with E-state index in [0.29, 0.717) is 90.3 Å². The van der Waals surface area contributed by atoms with Gasteiger partial charge in [0.25, 0.3) is 5.78 Å². The Kier molecular flexibility index (Phi) is 32.0. The third kappa shape index (κ3) is 35.6. The zero-order chi connectivity index (χ0) is 59.3. The molecule has 15 heteroatoms. The van der Waals surface area contributed by atoms with E-state index in [1.165, 1.54) is 11.1 Å². The molecule has 0 aliphatic carbocycles. The van der Waals surface area contributed by atoms with Crippen molar-refractivity contribution >= 4 is 47.3 Å². The molecule has 0 bridgehead atoms. The number of esters is 1. The third-order valence-corrected chi connectivity index (χ3v) is 13.9. The molecule has 0 spiro atoms. The van der Waals surface area contributed by atoms with Gasteiger partial charge in [0.15, 0.2) is 0 Å². The Morgan fingerprint density at radius 1 is 0.500 bits per heavy atom. The summed E-state index contributed by atoms with van der Waals surface area (Å²) < 4.78 is 10.7. The SMILES string of the molecule is Cc1ccc(CCCC(=O)NCCCC[C@H](NC(=O)[C@H](CCCCNC(=O)OC(C)(C)C)CC(=O)CCCCCCCNC(=O)CC[C@H](NC(=O)C[C@@H](CCC(C)(C)C)C(C)(C)C)C(C)(C)C)C(=O)C(=O)OC(C)(C)C)cc1.